The van der Waals surface area contributed by atoms with E-state index in [-0.39, 0.29) is 35.2 Å². The Morgan fingerprint density at radius 3 is 2.39 bits per heavy atom. The van der Waals surface area contributed by atoms with Crippen molar-refractivity contribution in [3.8, 4) is 6.07 Å². The van der Waals surface area contributed by atoms with Crippen molar-refractivity contribution in [1.82, 2.24) is 15.5 Å². The highest BCUT2D eigenvalue weighted by molar-refractivity contribution is 6.37. The van der Waals surface area contributed by atoms with Crippen molar-refractivity contribution in [2.24, 2.45) is 22.7 Å². The zero-order valence-electron chi connectivity index (χ0n) is 23.0. The molecule has 0 radical (unpaired) electrons. The fourth-order valence-electron chi connectivity index (χ4n) is 6.06. The van der Waals surface area contributed by atoms with Gasteiger partial charge in [-0.2, -0.15) is 18.4 Å². The molecular weight excluding hydrogens is 586 g/mol. The molecule has 0 bridgehead atoms. The molecule has 9 nitrogen and oxygen atoms in total. The largest absolute Gasteiger partial charge is 0.471 e. The number of likely N-dealkylation sites (tertiary alicyclic amines) is 1. The summed E-state index contributed by atoms with van der Waals surface area (Å²) in [6, 6.07) is 1.21. The second-order valence-corrected chi connectivity index (χ2v) is 13.3. The number of nitrogens with zero attached hydrogens (tertiary/aromatic N) is 2. The number of nitrogens with one attached hydrogen (secondary N) is 3. The van der Waals surface area contributed by atoms with Crippen LogP contribution < -0.4 is 16.0 Å². The number of rotatable bonds is 6. The van der Waals surface area contributed by atoms with Crippen LogP contribution in [0.2, 0.25) is 10.0 Å². The van der Waals surface area contributed by atoms with Gasteiger partial charge < -0.3 is 20.9 Å². The highest BCUT2D eigenvalue weighted by Gasteiger charge is 2.70. The minimum Gasteiger partial charge on any atom is -0.339 e. The maximum atomic E-state index is 13.7. The standard InChI is InChI=1S/C27H30Cl2F3N5O4/c1-25(2,3)20(36-24(41)27(30,31)32)23(40)37-10-15-17(26(15,4)5)19(37)22(39)34-12(9-33)8-14-13-6-11(28)7-16(29)18(13)35-21(14)38/h6-7,12,14-15,17,19-20H,8,10H2,1-5H3,(H,34,39)(H,35,38)(H,36,41). The molecule has 0 aromatic heterocycles. The summed E-state index contributed by atoms with van der Waals surface area (Å²) >= 11 is 12.3. The van der Waals surface area contributed by atoms with E-state index < -0.39 is 59.3 Å². The lowest BCUT2D eigenvalue weighted by molar-refractivity contribution is -0.176. The van der Waals surface area contributed by atoms with Gasteiger partial charge in [-0.1, -0.05) is 57.8 Å². The monoisotopic (exact) mass is 615 g/mol. The number of amides is 4. The van der Waals surface area contributed by atoms with Crippen LogP contribution in [0.3, 0.4) is 0 Å². The third-order valence-electron chi connectivity index (χ3n) is 8.38. The molecular formula is C27H30Cl2F3N5O4. The van der Waals surface area contributed by atoms with E-state index >= 15 is 0 Å². The SMILES string of the molecule is CC(C)(C)C(NC(=O)C(F)(F)F)C(=O)N1CC2C(C1C(=O)NC(C#N)CC1C(=O)Nc3c(Cl)cc(Cl)cc31)C2(C)C. The van der Waals surface area contributed by atoms with Crippen LogP contribution in [0, 0.1) is 34.0 Å². The Balaban J connectivity index is 1.56. The Hall–Kier alpha value is -3.04. The number of fused-ring (bicyclic) bond motifs is 2. The Kier molecular flexibility index (Phi) is 7.80. The van der Waals surface area contributed by atoms with E-state index in [1.165, 1.54) is 31.7 Å². The Bertz CT molecular complexity index is 1350. The number of hydrogen-bond donors (Lipinski definition) is 3. The molecule has 4 amide bonds. The number of alkyl halides is 3. The fraction of sp³-hybridized carbons (Fsp3) is 0.593. The molecule has 0 spiro atoms. The van der Waals surface area contributed by atoms with Gasteiger partial charge in [0.2, 0.25) is 17.7 Å². The zero-order chi connectivity index (χ0) is 30.8. The quantitative estimate of drug-likeness (QED) is 0.445. The number of anilines is 1. The molecule has 6 unspecified atom stereocenters. The molecule has 6 atom stereocenters. The van der Waals surface area contributed by atoms with Crippen LogP contribution in [0.25, 0.3) is 0 Å². The molecule has 41 heavy (non-hydrogen) atoms. The van der Waals surface area contributed by atoms with Crippen molar-refractivity contribution in [3.05, 3.63) is 27.7 Å². The average molecular weight is 616 g/mol. The molecule has 222 valence electrons. The lowest BCUT2D eigenvalue weighted by Crippen LogP contribution is -2.61. The predicted octanol–water partition coefficient (Wildman–Crippen LogP) is 4.00. The average Bonchev–Trinajstić information content (AvgIpc) is 3.15. The first kappa shape index (κ1) is 30.9. The molecule has 1 saturated heterocycles. The molecule has 2 aliphatic heterocycles. The lowest BCUT2D eigenvalue weighted by atomic mass is 9.85. The lowest BCUT2D eigenvalue weighted by Gasteiger charge is -2.37. The molecule has 3 aliphatic rings. The van der Waals surface area contributed by atoms with Crippen LogP contribution in [0.4, 0.5) is 18.9 Å². The topological polar surface area (TPSA) is 131 Å². The van der Waals surface area contributed by atoms with Gasteiger partial charge in [0.05, 0.1) is 22.7 Å². The third kappa shape index (κ3) is 5.71. The van der Waals surface area contributed by atoms with Gasteiger partial charge in [0.1, 0.15) is 18.1 Å². The molecule has 2 heterocycles. The van der Waals surface area contributed by atoms with E-state index in [4.69, 9.17) is 23.2 Å². The van der Waals surface area contributed by atoms with E-state index in [9.17, 15) is 37.6 Å². The van der Waals surface area contributed by atoms with E-state index in [1.807, 2.05) is 19.9 Å². The minimum atomic E-state index is -5.20. The minimum absolute atomic E-state index is 0.0987. The van der Waals surface area contributed by atoms with Crippen molar-refractivity contribution < 1.29 is 32.3 Å². The van der Waals surface area contributed by atoms with E-state index in [2.05, 4.69) is 10.6 Å². The summed E-state index contributed by atoms with van der Waals surface area (Å²) in [5, 5.41) is 17.5. The summed E-state index contributed by atoms with van der Waals surface area (Å²) in [6.07, 6.45) is -5.31. The van der Waals surface area contributed by atoms with Gasteiger partial charge in [-0.05, 0) is 46.8 Å². The van der Waals surface area contributed by atoms with Gasteiger partial charge in [0.25, 0.3) is 0 Å². The summed E-state index contributed by atoms with van der Waals surface area (Å²) in [5.74, 6) is -5.40. The predicted molar refractivity (Wildman–Crippen MR) is 144 cm³/mol. The maximum Gasteiger partial charge on any atom is 0.471 e. The molecule has 1 aromatic rings. The maximum absolute atomic E-state index is 13.7. The van der Waals surface area contributed by atoms with Crippen LogP contribution in [-0.2, 0) is 19.2 Å². The van der Waals surface area contributed by atoms with Crippen LogP contribution >= 0.6 is 23.2 Å². The Morgan fingerprint density at radius 2 is 1.83 bits per heavy atom. The smallest absolute Gasteiger partial charge is 0.339 e. The van der Waals surface area contributed by atoms with Gasteiger partial charge in [0, 0.05) is 11.6 Å². The second-order valence-electron chi connectivity index (χ2n) is 12.5. The summed E-state index contributed by atoms with van der Waals surface area (Å²) in [4.78, 5) is 53.0. The summed E-state index contributed by atoms with van der Waals surface area (Å²) in [6.45, 7) is 8.48. The number of halogens is 5. The van der Waals surface area contributed by atoms with Crippen LogP contribution in [0.5, 0.6) is 0 Å². The van der Waals surface area contributed by atoms with Crippen LogP contribution in [0.15, 0.2) is 12.1 Å². The third-order valence-corrected chi connectivity index (χ3v) is 8.89. The van der Waals surface area contributed by atoms with Crippen LogP contribution in [0.1, 0.15) is 52.5 Å². The van der Waals surface area contributed by atoms with Crippen molar-refractivity contribution in [3.63, 3.8) is 0 Å². The summed E-state index contributed by atoms with van der Waals surface area (Å²) in [5.41, 5.74) is -0.581. The molecule has 3 N–H and O–H groups in total. The number of carbonyl (C=O) groups excluding carboxylic acids is 4. The number of hydrogen-bond acceptors (Lipinski definition) is 5. The molecule has 14 heteroatoms. The highest BCUT2D eigenvalue weighted by Crippen LogP contribution is 2.65. The summed E-state index contributed by atoms with van der Waals surface area (Å²) in [7, 11) is 0. The van der Waals surface area contributed by atoms with Crippen molar-refractivity contribution >= 4 is 52.5 Å². The Labute approximate surface area is 245 Å². The van der Waals surface area contributed by atoms with Gasteiger partial charge in [0.15, 0.2) is 0 Å². The van der Waals surface area contributed by atoms with E-state index in [1.54, 1.807) is 11.4 Å². The van der Waals surface area contributed by atoms with Crippen molar-refractivity contribution in [1.29, 1.82) is 5.26 Å². The first-order valence-electron chi connectivity index (χ1n) is 13.0. The van der Waals surface area contributed by atoms with Gasteiger partial charge in [-0.25, -0.2) is 0 Å². The zero-order valence-corrected chi connectivity index (χ0v) is 24.5. The molecule has 1 saturated carbocycles. The molecule has 1 aliphatic carbocycles. The molecule has 4 rings (SSSR count). The molecule has 1 aromatic carbocycles. The first-order valence-corrected chi connectivity index (χ1v) is 13.7. The number of carbonyl (C=O) groups is 4. The number of piperidine rings is 1. The summed E-state index contributed by atoms with van der Waals surface area (Å²) < 4.78 is 39.2. The van der Waals surface area contributed by atoms with Gasteiger partial charge in [-0.3, -0.25) is 19.2 Å². The van der Waals surface area contributed by atoms with Crippen LogP contribution in [-0.4, -0.2) is 59.4 Å². The number of benzene rings is 1. The number of nitriles is 1. The van der Waals surface area contributed by atoms with E-state index in [0.717, 1.165) is 0 Å². The Morgan fingerprint density at radius 1 is 1.20 bits per heavy atom. The highest BCUT2D eigenvalue weighted by atomic mass is 35.5. The van der Waals surface area contributed by atoms with E-state index in [0.29, 0.717) is 16.3 Å². The van der Waals surface area contributed by atoms with Gasteiger partial charge >= 0.3 is 12.1 Å². The van der Waals surface area contributed by atoms with Crippen molar-refractivity contribution in [2.75, 3.05) is 11.9 Å². The van der Waals surface area contributed by atoms with Gasteiger partial charge in [-0.15, -0.1) is 0 Å². The van der Waals surface area contributed by atoms with Crippen molar-refractivity contribution in [2.45, 2.75) is 71.3 Å². The second kappa shape index (κ2) is 10.3. The normalized spacial score (nSPS) is 25.8. The first-order chi connectivity index (χ1) is 18.8. The molecule has 2 fully saturated rings. The fourth-order valence-corrected chi connectivity index (χ4v) is 6.62.